The molecule has 15 heavy (non-hydrogen) atoms. The Labute approximate surface area is 88.1 Å². The maximum atomic E-state index is 11.1. The van der Waals surface area contributed by atoms with Gasteiger partial charge in [-0.1, -0.05) is 0 Å². The summed E-state index contributed by atoms with van der Waals surface area (Å²) >= 11 is 0. The first-order valence-electron chi connectivity index (χ1n) is 4.36. The summed E-state index contributed by atoms with van der Waals surface area (Å²) in [7, 11) is -3.96. The molecule has 0 aliphatic carbocycles. The molecule has 0 saturated heterocycles. The van der Waals surface area contributed by atoms with Crippen molar-refractivity contribution in [2.75, 3.05) is 5.73 Å². The minimum Gasteiger partial charge on any atom is -0.395 e. The molecule has 0 unspecified atom stereocenters. The Morgan fingerprint density at radius 1 is 0.933 bits per heavy atom. The van der Waals surface area contributed by atoms with Crippen molar-refractivity contribution in [2.45, 2.75) is 20.8 Å². The van der Waals surface area contributed by atoms with Crippen LogP contribution in [0.5, 0.6) is 11.5 Å². The van der Waals surface area contributed by atoms with Gasteiger partial charge in [-0.05, 0) is 31.9 Å². The molecule has 5 nitrogen and oxygen atoms in total. The second kappa shape index (κ2) is 2.79. The number of rotatable bonds is 0. The number of nitrogen functional groups attached to an aromatic ring is 1. The van der Waals surface area contributed by atoms with Crippen molar-refractivity contribution in [3.05, 3.63) is 16.7 Å². The van der Waals surface area contributed by atoms with E-state index in [0.29, 0.717) is 5.69 Å². The third-order valence-corrected chi connectivity index (χ3v) is 3.43. The van der Waals surface area contributed by atoms with E-state index in [1.54, 1.807) is 6.92 Å². The van der Waals surface area contributed by atoms with Gasteiger partial charge in [0, 0.05) is 5.56 Å². The average molecular weight is 229 g/mol. The Morgan fingerprint density at radius 2 is 1.47 bits per heavy atom. The van der Waals surface area contributed by atoms with E-state index in [-0.39, 0.29) is 11.5 Å². The summed E-state index contributed by atoms with van der Waals surface area (Å²) in [4.78, 5) is 0. The molecule has 0 aromatic heterocycles. The zero-order chi connectivity index (χ0) is 11.4. The molecule has 82 valence electrons. The summed E-state index contributed by atoms with van der Waals surface area (Å²) in [6, 6.07) is 0. The van der Waals surface area contributed by atoms with Crippen LogP contribution < -0.4 is 14.1 Å². The molecule has 0 saturated carbocycles. The van der Waals surface area contributed by atoms with E-state index >= 15 is 0 Å². The maximum absolute atomic E-state index is 11.1. The molecular weight excluding hydrogens is 218 g/mol. The monoisotopic (exact) mass is 229 g/mol. The van der Waals surface area contributed by atoms with E-state index in [9.17, 15) is 8.42 Å². The van der Waals surface area contributed by atoms with Gasteiger partial charge in [-0.25, -0.2) is 0 Å². The SMILES string of the molecule is Cc1c(C)c(N)c2c(c1C)OS(=O)(=O)O2. The summed E-state index contributed by atoms with van der Waals surface area (Å²) < 4.78 is 31.6. The van der Waals surface area contributed by atoms with Gasteiger partial charge in [0.25, 0.3) is 0 Å². The van der Waals surface area contributed by atoms with E-state index in [4.69, 9.17) is 9.92 Å². The highest BCUT2D eigenvalue weighted by Gasteiger charge is 2.33. The number of fused-ring (bicyclic) bond motifs is 1. The third-order valence-electron chi connectivity index (χ3n) is 2.69. The summed E-state index contributed by atoms with van der Waals surface area (Å²) in [5, 5.41) is 0. The predicted molar refractivity (Wildman–Crippen MR) is 55.2 cm³/mol. The molecule has 6 heteroatoms. The Hall–Kier alpha value is -1.43. The zero-order valence-corrected chi connectivity index (χ0v) is 9.44. The summed E-state index contributed by atoms with van der Waals surface area (Å²) in [6.45, 7) is 5.44. The topological polar surface area (TPSA) is 78.6 Å². The lowest BCUT2D eigenvalue weighted by atomic mass is 10.0. The van der Waals surface area contributed by atoms with Crippen molar-refractivity contribution in [3.63, 3.8) is 0 Å². The standard InChI is InChI=1S/C9H11NO4S/c1-4-5(2)7(10)9-8(6(4)3)13-15(11,12)14-9/h10H2,1-3H3. The highest BCUT2D eigenvalue weighted by atomic mass is 32.3. The Kier molecular flexibility index (Phi) is 1.88. The molecule has 2 rings (SSSR count). The molecule has 0 radical (unpaired) electrons. The van der Waals surface area contributed by atoms with Gasteiger partial charge in [-0.3, -0.25) is 0 Å². The van der Waals surface area contributed by atoms with Crippen LogP contribution in [0.15, 0.2) is 0 Å². The van der Waals surface area contributed by atoms with Crippen LogP contribution in [-0.2, 0) is 10.4 Å². The lowest BCUT2D eigenvalue weighted by Crippen LogP contribution is -2.08. The van der Waals surface area contributed by atoms with Crippen molar-refractivity contribution in [3.8, 4) is 11.5 Å². The molecule has 0 fully saturated rings. The van der Waals surface area contributed by atoms with Crippen molar-refractivity contribution in [1.29, 1.82) is 0 Å². The fourth-order valence-corrected chi connectivity index (χ4v) is 2.33. The normalized spacial score (nSPS) is 16.7. The largest absolute Gasteiger partial charge is 0.501 e. The van der Waals surface area contributed by atoms with Crippen molar-refractivity contribution < 1.29 is 16.8 Å². The molecule has 1 aromatic carbocycles. The predicted octanol–water partition coefficient (Wildman–Crippen LogP) is 1.21. The van der Waals surface area contributed by atoms with E-state index in [2.05, 4.69) is 4.18 Å². The molecular formula is C9H11NO4S. The molecule has 0 spiro atoms. The average Bonchev–Trinajstić information content (AvgIpc) is 2.48. The summed E-state index contributed by atoms with van der Waals surface area (Å²) in [5.41, 5.74) is 8.52. The smallest absolute Gasteiger partial charge is 0.395 e. The highest BCUT2D eigenvalue weighted by molar-refractivity contribution is 7.82. The fraction of sp³-hybridized carbons (Fsp3) is 0.333. The van der Waals surface area contributed by atoms with Crippen LogP contribution in [0.1, 0.15) is 16.7 Å². The van der Waals surface area contributed by atoms with Gasteiger partial charge in [0.2, 0.25) is 5.75 Å². The van der Waals surface area contributed by atoms with Crippen LogP contribution in [0, 0.1) is 20.8 Å². The molecule has 1 aromatic rings. The van der Waals surface area contributed by atoms with Crippen molar-refractivity contribution >= 4 is 16.1 Å². The molecule has 0 amide bonds. The molecule has 0 bridgehead atoms. The lowest BCUT2D eigenvalue weighted by molar-refractivity contribution is 0.436. The van der Waals surface area contributed by atoms with Crippen molar-refractivity contribution in [2.24, 2.45) is 0 Å². The summed E-state index contributed by atoms with van der Waals surface area (Å²) in [6.07, 6.45) is 0. The van der Waals surface area contributed by atoms with Crippen LogP contribution in [-0.4, -0.2) is 8.42 Å². The first-order chi connectivity index (χ1) is 6.83. The Bertz CT molecular complexity index is 505. The quantitative estimate of drug-likeness (QED) is 0.676. The van der Waals surface area contributed by atoms with Gasteiger partial charge >= 0.3 is 10.4 Å². The van der Waals surface area contributed by atoms with Gasteiger partial charge in [-0.2, -0.15) is 0 Å². The van der Waals surface area contributed by atoms with E-state index in [1.165, 1.54) is 0 Å². The van der Waals surface area contributed by atoms with E-state index in [0.717, 1.165) is 16.7 Å². The fourth-order valence-electron chi connectivity index (χ4n) is 1.52. The number of hydrogen-bond donors (Lipinski definition) is 1. The number of hydrogen-bond acceptors (Lipinski definition) is 5. The second-order valence-electron chi connectivity index (χ2n) is 3.52. The number of anilines is 1. The molecule has 1 aliphatic rings. The zero-order valence-electron chi connectivity index (χ0n) is 8.62. The minimum atomic E-state index is -3.96. The first-order valence-corrected chi connectivity index (χ1v) is 5.70. The molecule has 1 heterocycles. The minimum absolute atomic E-state index is 0.107. The van der Waals surface area contributed by atoms with Crippen LogP contribution in [0.2, 0.25) is 0 Å². The van der Waals surface area contributed by atoms with E-state index in [1.807, 2.05) is 13.8 Å². The van der Waals surface area contributed by atoms with Gasteiger partial charge in [-0.15, -0.1) is 8.42 Å². The number of benzene rings is 1. The number of nitrogens with two attached hydrogens (primary N) is 1. The Balaban J connectivity index is 2.80. The second-order valence-corrected chi connectivity index (χ2v) is 4.67. The van der Waals surface area contributed by atoms with Gasteiger partial charge in [0.05, 0.1) is 5.69 Å². The molecule has 0 atom stereocenters. The molecule has 1 aliphatic heterocycles. The lowest BCUT2D eigenvalue weighted by Gasteiger charge is -2.10. The van der Waals surface area contributed by atoms with Crippen LogP contribution >= 0.6 is 0 Å². The van der Waals surface area contributed by atoms with Gasteiger partial charge in [0.1, 0.15) is 0 Å². The van der Waals surface area contributed by atoms with Crippen molar-refractivity contribution in [1.82, 2.24) is 0 Å². The van der Waals surface area contributed by atoms with Crippen LogP contribution in [0.25, 0.3) is 0 Å². The Morgan fingerprint density at radius 3 is 2.07 bits per heavy atom. The van der Waals surface area contributed by atoms with Crippen LogP contribution in [0.4, 0.5) is 5.69 Å². The first kappa shape index (κ1) is 10.1. The molecule has 2 N–H and O–H groups in total. The van der Waals surface area contributed by atoms with Gasteiger partial charge in [0.15, 0.2) is 5.75 Å². The van der Waals surface area contributed by atoms with Crippen LogP contribution in [0.3, 0.4) is 0 Å². The highest BCUT2D eigenvalue weighted by Crippen LogP contribution is 2.46. The summed E-state index contributed by atoms with van der Waals surface area (Å²) in [5.74, 6) is 0.311. The van der Waals surface area contributed by atoms with Gasteiger partial charge < -0.3 is 14.1 Å². The van der Waals surface area contributed by atoms with E-state index < -0.39 is 10.4 Å². The maximum Gasteiger partial charge on any atom is 0.501 e. The third kappa shape index (κ3) is 1.32.